The van der Waals surface area contributed by atoms with Crippen LogP contribution in [0, 0.1) is 11.3 Å². The summed E-state index contributed by atoms with van der Waals surface area (Å²) in [5, 5.41) is 10.3. The van der Waals surface area contributed by atoms with Gasteiger partial charge in [-0.1, -0.05) is 164 Å². The quantitative estimate of drug-likeness (QED) is 0.157. The van der Waals surface area contributed by atoms with Crippen LogP contribution in [0.15, 0.2) is 200 Å². The first-order chi connectivity index (χ1) is 27.7. The fourth-order valence-electron chi connectivity index (χ4n) is 6.90. The number of rotatable bonds is 8. The van der Waals surface area contributed by atoms with Crippen LogP contribution in [-0.2, 0) is 0 Å². The van der Waals surface area contributed by atoms with Gasteiger partial charge in [-0.2, -0.15) is 5.26 Å². The molecule has 0 N–H and O–H groups in total. The normalized spacial score (nSPS) is 10.8. The van der Waals surface area contributed by atoms with Crippen molar-refractivity contribution in [3.05, 3.63) is 206 Å². The van der Waals surface area contributed by atoms with E-state index in [9.17, 15) is 5.26 Å². The molecule has 0 aliphatic rings. The number of hydrogen-bond donors (Lipinski definition) is 0. The third-order valence-corrected chi connectivity index (χ3v) is 9.76. The molecule has 9 aromatic rings. The Bertz CT molecular complexity index is 2730. The van der Waals surface area contributed by atoms with Gasteiger partial charge in [0.05, 0.1) is 34.4 Å². The first-order valence-corrected chi connectivity index (χ1v) is 18.4. The monoisotopic (exact) mass is 715 g/mol. The summed E-state index contributed by atoms with van der Waals surface area (Å²) in [7, 11) is 0. The molecule has 262 valence electrons. The molecule has 0 spiro atoms. The Labute approximate surface area is 326 Å². The van der Waals surface area contributed by atoms with Gasteiger partial charge in [-0.25, -0.2) is 19.9 Å². The van der Waals surface area contributed by atoms with Gasteiger partial charge in [0.1, 0.15) is 0 Å². The molecule has 7 aromatic carbocycles. The lowest BCUT2D eigenvalue weighted by Gasteiger charge is -2.13. The molecule has 0 aliphatic heterocycles. The first-order valence-electron chi connectivity index (χ1n) is 18.4. The van der Waals surface area contributed by atoms with E-state index in [2.05, 4.69) is 78.9 Å². The number of nitrogens with zero attached hydrogens (tertiary/aromatic N) is 5. The molecule has 0 bridgehead atoms. The average Bonchev–Trinajstić information content (AvgIpc) is 3.29. The van der Waals surface area contributed by atoms with E-state index in [-0.39, 0.29) is 0 Å². The largest absolute Gasteiger partial charge is 0.228 e. The molecule has 0 saturated carbocycles. The Kier molecular flexibility index (Phi) is 9.27. The van der Waals surface area contributed by atoms with Gasteiger partial charge < -0.3 is 0 Å². The van der Waals surface area contributed by atoms with Crippen LogP contribution in [-0.4, -0.2) is 19.9 Å². The van der Waals surface area contributed by atoms with Gasteiger partial charge in [-0.05, 0) is 53.1 Å². The van der Waals surface area contributed by atoms with Crippen LogP contribution >= 0.6 is 0 Å². The SMILES string of the molecule is N#Cc1ccc(-c2cccc(-c3cc(-c4ccccc4)nc(-c4ccccc4)n3)c2)cc1-c1cccc(-c2cc(-c3ccccc3)nc(-c3ccccc3)n2)c1. The smallest absolute Gasteiger partial charge is 0.160 e. The zero-order valence-electron chi connectivity index (χ0n) is 30.3. The van der Waals surface area contributed by atoms with E-state index in [1.165, 1.54) is 0 Å². The highest BCUT2D eigenvalue weighted by atomic mass is 14.9. The Balaban J connectivity index is 1.11. The van der Waals surface area contributed by atoms with Crippen molar-refractivity contribution < 1.29 is 0 Å². The van der Waals surface area contributed by atoms with E-state index in [0.717, 1.165) is 78.4 Å². The van der Waals surface area contributed by atoms with Crippen molar-refractivity contribution in [2.45, 2.75) is 0 Å². The van der Waals surface area contributed by atoms with Gasteiger partial charge in [-0.3, -0.25) is 0 Å². The zero-order chi connectivity index (χ0) is 37.7. The maximum Gasteiger partial charge on any atom is 0.160 e. The number of nitriles is 1. The summed E-state index contributed by atoms with van der Waals surface area (Å²) in [6.07, 6.45) is 0. The Morgan fingerprint density at radius 1 is 0.286 bits per heavy atom. The van der Waals surface area contributed by atoms with Crippen LogP contribution < -0.4 is 0 Å². The molecular formula is C51H33N5. The second-order valence-corrected chi connectivity index (χ2v) is 13.4. The van der Waals surface area contributed by atoms with Gasteiger partial charge in [0.25, 0.3) is 0 Å². The van der Waals surface area contributed by atoms with Crippen molar-refractivity contribution >= 4 is 0 Å². The molecule has 56 heavy (non-hydrogen) atoms. The van der Waals surface area contributed by atoms with Gasteiger partial charge in [0.2, 0.25) is 0 Å². The molecule has 0 saturated heterocycles. The second kappa shape index (κ2) is 15.3. The number of benzene rings is 7. The van der Waals surface area contributed by atoms with Crippen molar-refractivity contribution in [2.75, 3.05) is 0 Å². The molecule has 0 radical (unpaired) electrons. The van der Waals surface area contributed by atoms with E-state index in [4.69, 9.17) is 19.9 Å². The summed E-state index contributed by atoms with van der Waals surface area (Å²) in [6, 6.07) is 69.6. The molecular weight excluding hydrogens is 683 g/mol. The summed E-state index contributed by atoms with van der Waals surface area (Å²) in [5.41, 5.74) is 13.5. The minimum Gasteiger partial charge on any atom is -0.228 e. The van der Waals surface area contributed by atoms with Crippen LogP contribution in [0.2, 0.25) is 0 Å². The highest BCUT2D eigenvalue weighted by molar-refractivity contribution is 5.83. The van der Waals surface area contributed by atoms with Crippen LogP contribution in [0.5, 0.6) is 0 Å². The van der Waals surface area contributed by atoms with E-state index < -0.39 is 0 Å². The highest BCUT2D eigenvalue weighted by Gasteiger charge is 2.15. The van der Waals surface area contributed by atoms with E-state index in [1.807, 2.05) is 127 Å². The van der Waals surface area contributed by atoms with E-state index in [1.54, 1.807) is 0 Å². The van der Waals surface area contributed by atoms with Crippen LogP contribution in [0.25, 0.3) is 90.1 Å². The number of hydrogen-bond acceptors (Lipinski definition) is 5. The third-order valence-electron chi connectivity index (χ3n) is 9.76. The Morgan fingerprint density at radius 3 is 1.11 bits per heavy atom. The predicted octanol–water partition coefficient (Wildman–Crippen LogP) is 12.5. The van der Waals surface area contributed by atoms with Crippen molar-refractivity contribution in [1.82, 2.24) is 19.9 Å². The summed E-state index contributed by atoms with van der Waals surface area (Å²) in [5.74, 6) is 1.32. The minimum atomic E-state index is 0.593. The maximum atomic E-state index is 10.3. The Hall–Kier alpha value is -7.81. The second-order valence-electron chi connectivity index (χ2n) is 13.4. The van der Waals surface area contributed by atoms with Crippen LogP contribution in [0.1, 0.15) is 5.56 Å². The zero-order valence-corrected chi connectivity index (χ0v) is 30.3. The van der Waals surface area contributed by atoms with Gasteiger partial charge >= 0.3 is 0 Å². The third kappa shape index (κ3) is 7.11. The molecule has 2 heterocycles. The van der Waals surface area contributed by atoms with E-state index in [0.29, 0.717) is 17.2 Å². The molecule has 0 fully saturated rings. The van der Waals surface area contributed by atoms with Crippen molar-refractivity contribution in [3.8, 4) is 96.1 Å². The summed E-state index contributed by atoms with van der Waals surface area (Å²) in [4.78, 5) is 20.0. The lowest BCUT2D eigenvalue weighted by molar-refractivity contribution is 1.18. The average molecular weight is 716 g/mol. The molecule has 0 unspecified atom stereocenters. The predicted molar refractivity (Wildman–Crippen MR) is 226 cm³/mol. The van der Waals surface area contributed by atoms with Crippen molar-refractivity contribution in [2.24, 2.45) is 0 Å². The van der Waals surface area contributed by atoms with Crippen LogP contribution in [0.3, 0.4) is 0 Å². The first kappa shape index (κ1) is 34.0. The summed E-state index contributed by atoms with van der Waals surface area (Å²) in [6.45, 7) is 0. The molecule has 0 aliphatic carbocycles. The molecule has 9 rings (SSSR count). The van der Waals surface area contributed by atoms with Gasteiger partial charge in [0, 0.05) is 38.9 Å². The minimum absolute atomic E-state index is 0.593. The van der Waals surface area contributed by atoms with E-state index >= 15 is 0 Å². The van der Waals surface area contributed by atoms with Crippen molar-refractivity contribution in [3.63, 3.8) is 0 Å². The van der Waals surface area contributed by atoms with Gasteiger partial charge in [-0.15, -0.1) is 0 Å². The van der Waals surface area contributed by atoms with Crippen molar-refractivity contribution in [1.29, 1.82) is 5.26 Å². The molecule has 0 atom stereocenters. The molecule has 2 aromatic heterocycles. The number of aromatic nitrogens is 4. The standard InChI is InChI=1S/C51H33N5/c52-34-44-28-27-40(39-23-13-25-42(29-39)48-32-46(35-15-5-1-6-16-35)53-50(55-48)37-19-9-3-10-20-37)31-45(44)41-24-14-26-43(30-41)49-33-47(36-17-7-2-8-18-36)54-51(56-49)38-21-11-4-12-22-38/h1-33H. The lowest BCUT2D eigenvalue weighted by atomic mass is 9.93. The summed E-state index contributed by atoms with van der Waals surface area (Å²) < 4.78 is 0. The molecule has 0 amide bonds. The fraction of sp³-hybridized carbons (Fsp3) is 0. The van der Waals surface area contributed by atoms with Gasteiger partial charge in [0.15, 0.2) is 11.6 Å². The lowest BCUT2D eigenvalue weighted by Crippen LogP contribution is -1.96. The summed E-state index contributed by atoms with van der Waals surface area (Å²) >= 11 is 0. The fourth-order valence-corrected chi connectivity index (χ4v) is 6.90. The molecule has 5 nitrogen and oxygen atoms in total. The Morgan fingerprint density at radius 2 is 0.643 bits per heavy atom. The molecule has 5 heteroatoms. The maximum absolute atomic E-state index is 10.3. The van der Waals surface area contributed by atoms with Crippen LogP contribution in [0.4, 0.5) is 0 Å². The highest BCUT2D eigenvalue weighted by Crippen LogP contribution is 2.35. The topological polar surface area (TPSA) is 75.3 Å².